The summed E-state index contributed by atoms with van der Waals surface area (Å²) < 4.78 is 26.0. The van der Waals surface area contributed by atoms with Gasteiger partial charge in [0.15, 0.2) is 0 Å². The summed E-state index contributed by atoms with van der Waals surface area (Å²) in [7, 11) is -3.83. The molecule has 1 atom stereocenters. The lowest BCUT2D eigenvalue weighted by molar-refractivity contribution is 0.0697. The fourth-order valence-corrected chi connectivity index (χ4v) is 2.67. The van der Waals surface area contributed by atoms with Crippen LogP contribution < -0.4 is 10.0 Å². The van der Waals surface area contributed by atoms with Crippen LogP contribution in [0.25, 0.3) is 0 Å². The van der Waals surface area contributed by atoms with Crippen molar-refractivity contribution in [3.63, 3.8) is 0 Å². The molecule has 0 saturated heterocycles. The third kappa shape index (κ3) is 4.69. The number of rotatable bonds is 8. The normalized spacial score (nSPS) is 12.9. The van der Waals surface area contributed by atoms with E-state index < -0.39 is 16.0 Å². The highest BCUT2D eigenvalue weighted by atomic mass is 32.2. The van der Waals surface area contributed by atoms with Gasteiger partial charge >= 0.3 is 5.97 Å². The van der Waals surface area contributed by atoms with Crippen molar-refractivity contribution in [1.82, 2.24) is 4.72 Å². The van der Waals surface area contributed by atoms with E-state index in [1.165, 1.54) is 12.1 Å². The Bertz CT molecular complexity index is 601. The first-order valence-corrected chi connectivity index (χ1v) is 8.04. The number of aliphatic hydroxyl groups is 1. The molecule has 0 radical (unpaired) electrons. The predicted octanol–water partition coefficient (Wildman–Crippen LogP) is 0.866. The molecule has 8 heteroatoms. The van der Waals surface area contributed by atoms with Gasteiger partial charge in [0.2, 0.25) is 10.0 Å². The SMILES string of the molecule is CC[C@H](C)Nc1ccc(S(=O)(=O)NCCO)cc1C(=O)O. The van der Waals surface area contributed by atoms with Crippen molar-refractivity contribution in [2.75, 3.05) is 18.5 Å². The molecule has 21 heavy (non-hydrogen) atoms. The molecule has 118 valence electrons. The third-order valence-electron chi connectivity index (χ3n) is 2.95. The van der Waals surface area contributed by atoms with E-state index in [2.05, 4.69) is 10.0 Å². The first-order valence-electron chi connectivity index (χ1n) is 6.56. The van der Waals surface area contributed by atoms with Crippen LogP contribution in [0.1, 0.15) is 30.6 Å². The van der Waals surface area contributed by atoms with E-state index in [0.29, 0.717) is 5.69 Å². The smallest absolute Gasteiger partial charge is 0.337 e. The summed E-state index contributed by atoms with van der Waals surface area (Å²) in [6.45, 7) is 3.39. The summed E-state index contributed by atoms with van der Waals surface area (Å²) in [4.78, 5) is 11.1. The molecule has 0 aliphatic carbocycles. The zero-order valence-electron chi connectivity index (χ0n) is 12.0. The molecule has 1 aromatic rings. The van der Waals surface area contributed by atoms with Crippen LogP contribution in [0.15, 0.2) is 23.1 Å². The van der Waals surface area contributed by atoms with Crippen LogP contribution in [0.3, 0.4) is 0 Å². The molecular formula is C13H20N2O5S. The zero-order chi connectivity index (χ0) is 16.0. The standard InChI is InChI=1S/C13H20N2O5S/c1-3-9(2)15-12-5-4-10(8-11(12)13(17)18)21(19,20)14-6-7-16/h4-5,8-9,14-16H,3,6-7H2,1-2H3,(H,17,18)/t9-/m0/s1. The van der Waals surface area contributed by atoms with Crippen LogP contribution in [0, 0.1) is 0 Å². The van der Waals surface area contributed by atoms with E-state index in [4.69, 9.17) is 5.11 Å². The van der Waals surface area contributed by atoms with Gasteiger partial charge in [-0.15, -0.1) is 0 Å². The maximum absolute atomic E-state index is 11.9. The minimum Gasteiger partial charge on any atom is -0.478 e. The van der Waals surface area contributed by atoms with Crippen molar-refractivity contribution in [2.45, 2.75) is 31.2 Å². The topological polar surface area (TPSA) is 116 Å². The number of aromatic carboxylic acids is 1. The Morgan fingerprint density at radius 3 is 2.57 bits per heavy atom. The van der Waals surface area contributed by atoms with Gasteiger partial charge in [-0.3, -0.25) is 0 Å². The average Bonchev–Trinajstić information content (AvgIpc) is 2.44. The molecule has 0 saturated carbocycles. The molecule has 0 fully saturated rings. The quantitative estimate of drug-likeness (QED) is 0.565. The summed E-state index contributed by atoms with van der Waals surface area (Å²) in [5.74, 6) is -1.21. The van der Waals surface area contributed by atoms with Gasteiger partial charge in [-0.1, -0.05) is 6.92 Å². The Kier molecular flexibility index (Phi) is 6.13. The number of carboxylic acids is 1. The van der Waals surface area contributed by atoms with Gasteiger partial charge in [0.25, 0.3) is 0 Å². The Hall–Kier alpha value is -1.64. The Balaban J connectivity index is 3.17. The van der Waals surface area contributed by atoms with Gasteiger partial charge in [-0.2, -0.15) is 0 Å². The number of sulfonamides is 1. The Morgan fingerprint density at radius 2 is 2.05 bits per heavy atom. The number of aliphatic hydroxyl groups excluding tert-OH is 1. The van der Waals surface area contributed by atoms with Gasteiger partial charge in [0, 0.05) is 18.3 Å². The number of carbonyl (C=O) groups is 1. The van der Waals surface area contributed by atoms with Crippen LogP contribution in [-0.2, 0) is 10.0 Å². The van der Waals surface area contributed by atoms with Crippen LogP contribution in [-0.4, -0.2) is 43.8 Å². The van der Waals surface area contributed by atoms with Crippen LogP contribution in [0.5, 0.6) is 0 Å². The number of carboxylic acid groups (broad SMARTS) is 1. The molecule has 1 aromatic carbocycles. The van der Waals surface area contributed by atoms with Crippen molar-refractivity contribution in [3.05, 3.63) is 23.8 Å². The summed E-state index contributed by atoms with van der Waals surface area (Å²) in [6, 6.07) is 3.94. The highest BCUT2D eigenvalue weighted by Crippen LogP contribution is 2.21. The molecule has 4 N–H and O–H groups in total. The second kappa shape index (κ2) is 7.39. The molecule has 0 unspecified atom stereocenters. The highest BCUT2D eigenvalue weighted by Gasteiger charge is 2.19. The Labute approximate surface area is 124 Å². The fraction of sp³-hybridized carbons (Fsp3) is 0.462. The number of hydrogen-bond donors (Lipinski definition) is 4. The zero-order valence-corrected chi connectivity index (χ0v) is 12.8. The van der Waals surface area contributed by atoms with Crippen LogP contribution in [0.4, 0.5) is 5.69 Å². The van der Waals surface area contributed by atoms with Gasteiger partial charge in [0.1, 0.15) is 0 Å². The lowest BCUT2D eigenvalue weighted by Gasteiger charge is -2.16. The molecule has 0 aromatic heterocycles. The average molecular weight is 316 g/mol. The van der Waals surface area contributed by atoms with E-state index in [9.17, 15) is 18.3 Å². The first kappa shape index (κ1) is 17.4. The fourth-order valence-electron chi connectivity index (χ4n) is 1.62. The van der Waals surface area contributed by atoms with Crippen LogP contribution in [0.2, 0.25) is 0 Å². The van der Waals surface area contributed by atoms with Crippen molar-refractivity contribution in [1.29, 1.82) is 0 Å². The second-order valence-electron chi connectivity index (χ2n) is 4.59. The van der Waals surface area contributed by atoms with Gasteiger partial charge in [-0.25, -0.2) is 17.9 Å². The second-order valence-corrected chi connectivity index (χ2v) is 6.35. The third-order valence-corrected chi connectivity index (χ3v) is 4.41. The number of nitrogens with one attached hydrogen (secondary N) is 2. The molecule has 0 aliphatic rings. The minimum atomic E-state index is -3.83. The Morgan fingerprint density at radius 1 is 1.38 bits per heavy atom. The van der Waals surface area contributed by atoms with Crippen molar-refractivity contribution in [3.8, 4) is 0 Å². The van der Waals surface area contributed by atoms with Crippen molar-refractivity contribution < 1.29 is 23.4 Å². The summed E-state index contributed by atoms with van der Waals surface area (Å²) in [6.07, 6.45) is 0.803. The van der Waals surface area contributed by atoms with E-state index in [0.717, 1.165) is 12.5 Å². The number of benzene rings is 1. The maximum Gasteiger partial charge on any atom is 0.337 e. The summed E-state index contributed by atoms with van der Waals surface area (Å²) >= 11 is 0. The summed E-state index contributed by atoms with van der Waals surface area (Å²) in [5, 5.41) is 20.9. The molecule has 0 heterocycles. The van der Waals surface area contributed by atoms with Gasteiger partial charge < -0.3 is 15.5 Å². The molecule has 0 aliphatic heterocycles. The first-order chi connectivity index (χ1) is 9.81. The van der Waals surface area contributed by atoms with Gasteiger partial charge in [-0.05, 0) is 31.5 Å². The molecular weight excluding hydrogens is 296 g/mol. The lowest BCUT2D eigenvalue weighted by Crippen LogP contribution is -2.27. The van der Waals surface area contributed by atoms with Crippen molar-refractivity contribution >= 4 is 21.7 Å². The number of anilines is 1. The molecule has 7 nitrogen and oxygen atoms in total. The maximum atomic E-state index is 11.9. The molecule has 1 rings (SSSR count). The number of hydrogen-bond acceptors (Lipinski definition) is 5. The van der Waals surface area contributed by atoms with Crippen molar-refractivity contribution in [2.24, 2.45) is 0 Å². The monoisotopic (exact) mass is 316 g/mol. The molecule has 0 amide bonds. The lowest BCUT2D eigenvalue weighted by atomic mass is 10.1. The predicted molar refractivity (Wildman–Crippen MR) is 79.1 cm³/mol. The highest BCUT2D eigenvalue weighted by molar-refractivity contribution is 7.89. The van der Waals surface area contributed by atoms with E-state index in [1.807, 2.05) is 13.8 Å². The van der Waals surface area contributed by atoms with E-state index >= 15 is 0 Å². The minimum absolute atomic E-state index is 0.0677. The largest absolute Gasteiger partial charge is 0.478 e. The molecule has 0 spiro atoms. The summed E-state index contributed by atoms with van der Waals surface area (Å²) in [5.41, 5.74) is 0.264. The van der Waals surface area contributed by atoms with E-state index in [1.54, 1.807) is 0 Å². The van der Waals surface area contributed by atoms with Crippen LogP contribution >= 0.6 is 0 Å². The van der Waals surface area contributed by atoms with E-state index in [-0.39, 0.29) is 29.7 Å². The van der Waals surface area contributed by atoms with Gasteiger partial charge in [0.05, 0.1) is 17.1 Å². The molecule has 0 bridgehead atoms.